The lowest BCUT2D eigenvalue weighted by atomic mass is 10.1. The van der Waals surface area contributed by atoms with Crippen LogP contribution in [0.1, 0.15) is 31.1 Å². The number of carbonyl (C=O) groups excluding carboxylic acids is 4. The molecule has 1 heterocycles. The molecule has 3 N–H and O–H groups in total. The summed E-state index contributed by atoms with van der Waals surface area (Å²) < 4.78 is 0. The number of carbonyl (C=O) groups is 4. The minimum absolute atomic E-state index is 0.00700. The molecule has 0 aliphatic rings. The van der Waals surface area contributed by atoms with Crippen LogP contribution in [0.3, 0.4) is 0 Å². The van der Waals surface area contributed by atoms with Gasteiger partial charge in [-0.15, -0.1) is 0 Å². The summed E-state index contributed by atoms with van der Waals surface area (Å²) in [7, 11) is 0. The van der Waals surface area contributed by atoms with Crippen molar-refractivity contribution in [2.75, 3.05) is 5.32 Å². The van der Waals surface area contributed by atoms with Crippen LogP contribution in [0, 0.1) is 0 Å². The van der Waals surface area contributed by atoms with E-state index in [1.54, 1.807) is 42.5 Å². The molecule has 0 radical (unpaired) electrons. The number of hydrogen-bond acceptors (Lipinski definition) is 5. The fourth-order valence-electron chi connectivity index (χ4n) is 2.44. The molecule has 3 rings (SSSR count). The number of ketones is 1. The minimum atomic E-state index is -1.05. The first-order valence-electron chi connectivity index (χ1n) is 8.56. The van der Waals surface area contributed by atoms with Crippen molar-refractivity contribution >= 4 is 29.2 Å². The number of nitrogens with zero attached hydrogens (tertiary/aromatic N) is 1. The van der Waals surface area contributed by atoms with Crippen LogP contribution in [0.5, 0.6) is 0 Å². The van der Waals surface area contributed by atoms with Crippen molar-refractivity contribution in [1.82, 2.24) is 15.8 Å². The van der Waals surface area contributed by atoms with Gasteiger partial charge in [-0.05, 0) is 36.4 Å². The van der Waals surface area contributed by atoms with Gasteiger partial charge >= 0.3 is 5.91 Å². The van der Waals surface area contributed by atoms with E-state index in [-0.39, 0.29) is 16.8 Å². The Morgan fingerprint density at radius 2 is 1.28 bits per heavy atom. The fraction of sp³-hybridized carbons (Fsp3) is 0. The summed E-state index contributed by atoms with van der Waals surface area (Å²) in [4.78, 5) is 52.8. The SMILES string of the molecule is O=C(NNC(=O)c1ccncc1)C(=O)c1ccccc1NC(=O)c1ccccc1. The van der Waals surface area contributed by atoms with Crippen molar-refractivity contribution < 1.29 is 19.2 Å². The van der Waals surface area contributed by atoms with Crippen molar-refractivity contribution in [3.05, 3.63) is 95.8 Å². The average molecular weight is 388 g/mol. The molecular formula is C21H16N4O4. The number of aromatic nitrogens is 1. The third-order valence-corrected chi connectivity index (χ3v) is 3.89. The van der Waals surface area contributed by atoms with Crippen LogP contribution >= 0.6 is 0 Å². The lowest BCUT2D eigenvalue weighted by molar-refractivity contribution is -0.117. The largest absolute Gasteiger partial charge is 0.321 e. The number of para-hydroxylation sites is 1. The maximum absolute atomic E-state index is 12.5. The van der Waals surface area contributed by atoms with Gasteiger partial charge in [-0.2, -0.15) is 0 Å². The second-order valence-corrected chi connectivity index (χ2v) is 5.84. The normalized spacial score (nSPS) is 9.93. The highest BCUT2D eigenvalue weighted by atomic mass is 16.2. The van der Waals surface area contributed by atoms with Crippen molar-refractivity contribution in [3.63, 3.8) is 0 Å². The van der Waals surface area contributed by atoms with Gasteiger partial charge in [0.2, 0.25) is 0 Å². The highest BCUT2D eigenvalue weighted by Gasteiger charge is 2.21. The van der Waals surface area contributed by atoms with E-state index in [0.29, 0.717) is 5.56 Å². The summed E-state index contributed by atoms with van der Waals surface area (Å²) in [5.41, 5.74) is 5.08. The van der Waals surface area contributed by atoms with Gasteiger partial charge in [0.05, 0.1) is 11.3 Å². The predicted octanol–water partition coefficient (Wildman–Crippen LogP) is 1.98. The molecule has 8 nitrogen and oxygen atoms in total. The number of pyridine rings is 1. The van der Waals surface area contributed by atoms with Crippen molar-refractivity contribution in [1.29, 1.82) is 0 Å². The smallest absolute Gasteiger partial charge is 0.310 e. The third-order valence-electron chi connectivity index (χ3n) is 3.89. The molecule has 3 amide bonds. The summed E-state index contributed by atoms with van der Waals surface area (Å²) in [5.74, 6) is -2.98. The van der Waals surface area contributed by atoms with Crippen LogP contribution in [-0.2, 0) is 4.79 Å². The summed E-state index contributed by atoms with van der Waals surface area (Å²) in [6.07, 6.45) is 2.85. The Hall–Kier alpha value is -4.33. The molecule has 144 valence electrons. The first kappa shape index (κ1) is 19.4. The Kier molecular flexibility index (Phi) is 6.06. The van der Waals surface area contributed by atoms with E-state index in [1.807, 2.05) is 0 Å². The maximum Gasteiger partial charge on any atom is 0.310 e. The van der Waals surface area contributed by atoms with Gasteiger partial charge < -0.3 is 5.32 Å². The number of anilines is 1. The van der Waals surface area contributed by atoms with Crippen molar-refractivity contribution in [2.24, 2.45) is 0 Å². The molecule has 1 aromatic heterocycles. The van der Waals surface area contributed by atoms with E-state index in [4.69, 9.17) is 0 Å². The number of nitrogens with one attached hydrogen (secondary N) is 3. The van der Waals surface area contributed by atoms with Gasteiger partial charge in [0.1, 0.15) is 0 Å². The van der Waals surface area contributed by atoms with Gasteiger partial charge in [0.15, 0.2) is 0 Å². The highest BCUT2D eigenvalue weighted by molar-refractivity contribution is 6.44. The lowest BCUT2D eigenvalue weighted by Gasteiger charge is -2.11. The summed E-state index contributed by atoms with van der Waals surface area (Å²) in [5, 5.41) is 2.62. The van der Waals surface area contributed by atoms with E-state index >= 15 is 0 Å². The maximum atomic E-state index is 12.5. The van der Waals surface area contributed by atoms with Crippen LogP contribution in [0.2, 0.25) is 0 Å². The molecule has 2 aromatic carbocycles. The average Bonchev–Trinajstić information content (AvgIpc) is 2.78. The minimum Gasteiger partial charge on any atom is -0.321 e. The monoisotopic (exact) mass is 388 g/mol. The number of amides is 3. The Morgan fingerprint density at radius 1 is 0.655 bits per heavy atom. The molecule has 0 aliphatic carbocycles. The molecule has 3 aromatic rings. The number of hydrazine groups is 1. The van der Waals surface area contributed by atoms with Crippen LogP contribution < -0.4 is 16.2 Å². The standard InChI is InChI=1S/C21H16N4O4/c26-18(21(29)25-24-20(28)15-10-12-22-13-11-15)16-8-4-5-9-17(16)23-19(27)14-6-2-1-3-7-14/h1-13H,(H,23,27)(H,24,28)(H,25,29). The zero-order valence-corrected chi connectivity index (χ0v) is 15.1. The van der Waals surface area contributed by atoms with Crippen LogP contribution in [0.4, 0.5) is 5.69 Å². The molecule has 0 atom stereocenters. The Morgan fingerprint density at radius 3 is 2.00 bits per heavy atom. The second-order valence-electron chi connectivity index (χ2n) is 5.84. The fourth-order valence-corrected chi connectivity index (χ4v) is 2.44. The highest BCUT2D eigenvalue weighted by Crippen LogP contribution is 2.17. The molecular weight excluding hydrogens is 372 g/mol. The quantitative estimate of drug-likeness (QED) is 0.351. The molecule has 0 saturated heterocycles. The molecule has 0 bridgehead atoms. The Bertz CT molecular complexity index is 1050. The lowest BCUT2D eigenvalue weighted by Crippen LogP contribution is -2.45. The Balaban J connectivity index is 1.68. The number of Topliss-reactive ketones (excluding diaryl/α,β-unsaturated/α-hetero) is 1. The van der Waals surface area contributed by atoms with E-state index in [1.165, 1.54) is 36.7 Å². The zero-order valence-electron chi connectivity index (χ0n) is 15.1. The van der Waals surface area contributed by atoms with Crippen molar-refractivity contribution in [3.8, 4) is 0 Å². The van der Waals surface area contributed by atoms with Crippen LogP contribution in [0.15, 0.2) is 79.1 Å². The van der Waals surface area contributed by atoms with E-state index in [0.717, 1.165) is 0 Å². The molecule has 0 spiro atoms. The van der Waals surface area contributed by atoms with Gasteiger partial charge in [-0.1, -0.05) is 30.3 Å². The molecule has 0 fully saturated rings. The zero-order chi connectivity index (χ0) is 20.6. The van der Waals surface area contributed by atoms with E-state index in [9.17, 15) is 19.2 Å². The van der Waals surface area contributed by atoms with Gasteiger partial charge in [0.25, 0.3) is 17.6 Å². The number of rotatable bonds is 5. The van der Waals surface area contributed by atoms with Crippen LogP contribution in [0.25, 0.3) is 0 Å². The van der Waals surface area contributed by atoms with Crippen molar-refractivity contribution in [2.45, 2.75) is 0 Å². The Labute approximate surface area is 165 Å². The summed E-state index contributed by atoms with van der Waals surface area (Å²) in [6, 6.07) is 17.5. The van der Waals surface area contributed by atoms with Gasteiger partial charge in [0, 0.05) is 23.5 Å². The molecule has 29 heavy (non-hydrogen) atoms. The van der Waals surface area contributed by atoms with E-state index < -0.39 is 23.5 Å². The van der Waals surface area contributed by atoms with Gasteiger partial charge in [-0.25, -0.2) is 0 Å². The van der Waals surface area contributed by atoms with Gasteiger partial charge in [-0.3, -0.25) is 35.0 Å². The second kappa shape index (κ2) is 9.05. The summed E-state index contributed by atoms with van der Waals surface area (Å²) >= 11 is 0. The third kappa shape index (κ3) is 4.89. The first-order valence-corrected chi connectivity index (χ1v) is 8.56. The molecule has 8 heteroatoms. The summed E-state index contributed by atoms with van der Waals surface area (Å²) in [6.45, 7) is 0. The van der Waals surface area contributed by atoms with Crippen LogP contribution in [-0.4, -0.2) is 28.5 Å². The first-order chi connectivity index (χ1) is 14.1. The predicted molar refractivity (Wildman–Crippen MR) is 105 cm³/mol. The van der Waals surface area contributed by atoms with E-state index in [2.05, 4.69) is 21.2 Å². The number of hydrogen-bond donors (Lipinski definition) is 3. The molecule has 0 unspecified atom stereocenters. The molecule has 0 aliphatic heterocycles. The number of benzene rings is 2. The molecule has 0 saturated carbocycles. The topological polar surface area (TPSA) is 117 Å².